The van der Waals surface area contributed by atoms with Crippen molar-refractivity contribution in [2.45, 2.75) is 44.7 Å². The Morgan fingerprint density at radius 3 is 2.59 bits per heavy atom. The maximum Gasteiger partial charge on any atom is 0.391 e. The van der Waals surface area contributed by atoms with Crippen LogP contribution < -0.4 is 5.73 Å². The molecule has 1 heterocycles. The summed E-state index contributed by atoms with van der Waals surface area (Å²) in [5.41, 5.74) is 7.17. The number of hydrogen-bond acceptors (Lipinski definition) is 2. The van der Waals surface area contributed by atoms with Crippen LogP contribution in [0.2, 0.25) is 0 Å². The fraction of sp³-hybridized carbons (Fsp3) is 0.727. The van der Waals surface area contributed by atoms with Crippen molar-refractivity contribution in [3.63, 3.8) is 0 Å². The molecule has 0 aliphatic heterocycles. The van der Waals surface area contributed by atoms with E-state index in [4.69, 9.17) is 5.73 Å². The zero-order valence-electron chi connectivity index (χ0n) is 9.64. The van der Waals surface area contributed by atoms with Gasteiger partial charge in [-0.25, -0.2) is 0 Å². The summed E-state index contributed by atoms with van der Waals surface area (Å²) in [6.45, 7) is 1.80. The normalized spacial score (nSPS) is 26.1. The van der Waals surface area contributed by atoms with E-state index < -0.39 is 12.1 Å². The molecule has 1 aromatic rings. The number of aromatic nitrogens is 2. The van der Waals surface area contributed by atoms with Crippen LogP contribution in [0.3, 0.4) is 0 Å². The summed E-state index contributed by atoms with van der Waals surface area (Å²) < 4.78 is 38.1. The van der Waals surface area contributed by atoms with E-state index in [0.717, 1.165) is 17.7 Å². The molecule has 3 N–H and O–H groups in total. The van der Waals surface area contributed by atoms with Crippen LogP contribution in [0.5, 0.6) is 0 Å². The van der Waals surface area contributed by atoms with Crippen LogP contribution in [0.1, 0.15) is 42.9 Å². The van der Waals surface area contributed by atoms with Crippen molar-refractivity contribution in [2.75, 3.05) is 5.73 Å². The van der Waals surface area contributed by atoms with Crippen LogP contribution in [0, 0.1) is 12.8 Å². The van der Waals surface area contributed by atoms with E-state index in [1.165, 1.54) is 0 Å². The Bertz CT molecular complexity index is 397. The lowest BCUT2D eigenvalue weighted by Crippen LogP contribution is -2.28. The van der Waals surface area contributed by atoms with Gasteiger partial charge in [0.1, 0.15) is 5.82 Å². The van der Waals surface area contributed by atoms with Crippen molar-refractivity contribution in [3.8, 4) is 0 Å². The lowest BCUT2D eigenvalue weighted by atomic mass is 9.79. The van der Waals surface area contributed by atoms with Crippen LogP contribution in [0.15, 0.2) is 0 Å². The fourth-order valence-electron chi connectivity index (χ4n) is 2.57. The number of anilines is 1. The highest BCUT2D eigenvalue weighted by molar-refractivity contribution is 5.42. The third-order valence-corrected chi connectivity index (χ3v) is 3.63. The highest BCUT2D eigenvalue weighted by Gasteiger charge is 2.42. The SMILES string of the molecule is Cc1c(N)n[nH]c1C1CCCC(C(F)(F)F)C1. The first-order valence-electron chi connectivity index (χ1n) is 5.76. The molecule has 6 heteroatoms. The topological polar surface area (TPSA) is 54.7 Å². The fourth-order valence-corrected chi connectivity index (χ4v) is 2.57. The van der Waals surface area contributed by atoms with E-state index >= 15 is 0 Å². The number of nitrogens with one attached hydrogen (secondary N) is 1. The van der Waals surface area contributed by atoms with Crippen molar-refractivity contribution >= 4 is 5.82 Å². The van der Waals surface area contributed by atoms with Gasteiger partial charge in [0.25, 0.3) is 0 Å². The summed E-state index contributed by atoms with van der Waals surface area (Å²) in [6.07, 6.45) is -2.32. The second kappa shape index (κ2) is 4.23. The van der Waals surface area contributed by atoms with E-state index in [1.807, 2.05) is 0 Å². The van der Waals surface area contributed by atoms with Gasteiger partial charge >= 0.3 is 6.18 Å². The lowest BCUT2D eigenvalue weighted by molar-refractivity contribution is -0.183. The number of halogens is 3. The molecule has 1 aliphatic carbocycles. The molecule has 1 saturated carbocycles. The number of aromatic amines is 1. The zero-order valence-corrected chi connectivity index (χ0v) is 9.64. The predicted molar refractivity (Wildman–Crippen MR) is 58.5 cm³/mol. The number of nitrogen functional groups attached to an aromatic ring is 1. The van der Waals surface area contributed by atoms with Crippen molar-refractivity contribution in [3.05, 3.63) is 11.3 Å². The number of rotatable bonds is 1. The summed E-state index contributed by atoms with van der Waals surface area (Å²) in [5, 5.41) is 6.62. The molecule has 96 valence electrons. The molecule has 0 aromatic carbocycles. The van der Waals surface area contributed by atoms with E-state index in [2.05, 4.69) is 10.2 Å². The number of nitrogens with zero attached hydrogens (tertiary/aromatic N) is 1. The third kappa shape index (κ3) is 2.40. The van der Waals surface area contributed by atoms with Gasteiger partial charge < -0.3 is 5.73 Å². The molecule has 2 atom stereocenters. The monoisotopic (exact) mass is 247 g/mol. The Morgan fingerprint density at radius 2 is 2.06 bits per heavy atom. The number of hydrogen-bond donors (Lipinski definition) is 2. The third-order valence-electron chi connectivity index (χ3n) is 3.63. The second-order valence-electron chi connectivity index (χ2n) is 4.75. The Labute approximate surface area is 97.6 Å². The van der Waals surface area contributed by atoms with Gasteiger partial charge in [0.15, 0.2) is 0 Å². The standard InChI is InChI=1S/C11H16F3N3/c1-6-9(16-17-10(6)15)7-3-2-4-8(5-7)11(12,13)14/h7-8H,2-5H2,1H3,(H3,15,16,17). The van der Waals surface area contributed by atoms with Gasteiger partial charge in [0, 0.05) is 17.2 Å². The van der Waals surface area contributed by atoms with E-state index in [1.54, 1.807) is 6.92 Å². The first-order chi connectivity index (χ1) is 7.89. The molecule has 3 nitrogen and oxygen atoms in total. The van der Waals surface area contributed by atoms with Gasteiger partial charge in [0.2, 0.25) is 0 Å². The minimum atomic E-state index is -4.09. The van der Waals surface area contributed by atoms with Crippen LogP contribution in [-0.2, 0) is 0 Å². The summed E-state index contributed by atoms with van der Waals surface area (Å²) in [7, 11) is 0. The molecule has 0 spiro atoms. The molecule has 0 radical (unpaired) electrons. The van der Waals surface area contributed by atoms with E-state index in [-0.39, 0.29) is 18.8 Å². The van der Waals surface area contributed by atoms with E-state index in [9.17, 15) is 13.2 Å². The molecular formula is C11H16F3N3. The van der Waals surface area contributed by atoms with E-state index in [0.29, 0.717) is 12.2 Å². The maximum atomic E-state index is 12.7. The predicted octanol–water partition coefficient (Wildman–Crippen LogP) is 3.14. The molecule has 2 unspecified atom stereocenters. The van der Waals surface area contributed by atoms with Gasteiger partial charge in [-0.2, -0.15) is 18.3 Å². The summed E-state index contributed by atoms with van der Waals surface area (Å²) >= 11 is 0. The Kier molecular flexibility index (Phi) is 3.05. The molecule has 1 fully saturated rings. The first kappa shape index (κ1) is 12.3. The molecule has 2 rings (SSSR count). The van der Waals surface area contributed by atoms with Crippen molar-refractivity contribution < 1.29 is 13.2 Å². The Morgan fingerprint density at radius 1 is 1.35 bits per heavy atom. The number of alkyl halides is 3. The molecule has 1 aromatic heterocycles. The summed E-state index contributed by atoms with van der Waals surface area (Å²) in [4.78, 5) is 0. The molecule has 17 heavy (non-hydrogen) atoms. The van der Waals surface area contributed by atoms with Crippen LogP contribution in [0.4, 0.5) is 19.0 Å². The summed E-state index contributed by atoms with van der Waals surface area (Å²) in [5.74, 6) is -0.903. The van der Waals surface area contributed by atoms with Crippen molar-refractivity contribution in [2.24, 2.45) is 5.92 Å². The van der Waals surface area contributed by atoms with Gasteiger partial charge in [0.05, 0.1) is 5.92 Å². The van der Waals surface area contributed by atoms with Crippen LogP contribution in [0.25, 0.3) is 0 Å². The van der Waals surface area contributed by atoms with Gasteiger partial charge in [-0.05, 0) is 26.2 Å². The quantitative estimate of drug-likeness (QED) is 0.801. The highest BCUT2D eigenvalue weighted by Crippen LogP contribution is 2.44. The average molecular weight is 247 g/mol. The van der Waals surface area contributed by atoms with Gasteiger partial charge in [-0.3, -0.25) is 5.10 Å². The molecule has 1 aliphatic rings. The maximum absolute atomic E-state index is 12.7. The lowest BCUT2D eigenvalue weighted by Gasteiger charge is -2.30. The zero-order chi connectivity index (χ0) is 12.6. The first-order valence-corrected chi connectivity index (χ1v) is 5.76. The molecule has 0 saturated heterocycles. The smallest absolute Gasteiger partial charge is 0.382 e. The van der Waals surface area contributed by atoms with Crippen molar-refractivity contribution in [1.82, 2.24) is 10.2 Å². The van der Waals surface area contributed by atoms with Crippen molar-refractivity contribution in [1.29, 1.82) is 0 Å². The number of H-pyrrole nitrogens is 1. The summed E-state index contributed by atoms with van der Waals surface area (Å²) in [6, 6.07) is 0. The molecule has 0 amide bonds. The average Bonchev–Trinajstić information content (AvgIpc) is 2.59. The minimum absolute atomic E-state index is 0.0971. The van der Waals surface area contributed by atoms with Crippen LogP contribution >= 0.6 is 0 Å². The Hall–Kier alpha value is -1.20. The minimum Gasteiger partial charge on any atom is -0.382 e. The van der Waals surface area contributed by atoms with Gasteiger partial charge in [-0.1, -0.05) is 6.42 Å². The molecular weight excluding hydrogens is 231 g/mol. The highest BCUT2D eigenvalue weighted by atomic mass is 19.4. The Balaban J connectivity index is 2.15. The van der Waals surface area contributed by atoms with Gasteiger partial charge in [-0.15, -0.1) is 0 Å². The largest absolute Gasteiger partial charge is 0.391 e. The second-order valence-corrected chi connectivity index (χ2v) is 4.75. The molecule has 0 bridgehead atoms. The van der Waals surface area contributed by atoms with Crippen LogP contribution in [-0.4, -0.2) is 16.4 Å². The number of nitrogens with two attached hydrogens (primary N) is 1.